The summed E-state index contributed by atoms with van der Waals surface area (Å²) in [4.78, 5) is 33.3. The number of ether oxygens (including phenoxy) is 1. The minimum absolute atomic E-state index is 0.241. The van der Waals surface area contributed by atoms with Crippen LogP contribution in [0.5, 0.6) is 0 Å². The van der Waals surface area contributed by atoms with Crippen LogP contribution >= 0.6 is 0 Å². The third-order valence-electron chi connectivity index (χ3n) is 2.54. The lowest BCUT2D eigenvalue weighted by Crippen LogP contribution is -2.38. The van der Waals surface area contributed by atoms with Gasteiger partial charge in [0.15, 0.2) is 0 Å². The van der Waals surface area contributed by atoms with Gasteiger partial charge in [-0.2, -0.15) is 0 Å². The fraction of sp³-hybridized carbons (Fsp3) is 0.750. The third kappa shape index (κ3) is 5.58. The molecule has 2 atom stereocenters. The molecule has 1 aliphatic rings. The molecule has 108 valence electrons. The average molecular weight is 272 g/mol. The zero-order valence-corrected chi connectivity index (χ0v) is 11.4. The molecule has 0 unspecified atom stereocenters. The molecular weight excluding hydrogens is 252 g/mol. The Morgan fingerprint density at radius 1 is 1.16 bits per heavy atom. The quantitative estimate of drug-likeness (QED) is 0.626. The van der Waals surface area contributed by atoms with Crippen LogP contribution in [0.3, 0.4) is 0 Å². The minimum atomic E-state index is -0.938. The Hall–Kier alpha value is -1.79. The number of carbonyl (C=O) groups excluding carboxylic acids is 2. The van der Waals surface area contributed by atoms with Crippen molar-refractivity contribution in [2.75, 3.05) is 13.1 Å². The number of rotatable bonds is 5. The van der Waals surface area contributed by atoms with Gasteiger partial charge in [0, 0.05) is 13.1 Å². The number of alkyl carbamates (subject to hydrolysis) is 1. The zero-order chi connectivity index (χ0) is 14.6. The van der Waals surface area contributed by atoms with Gasteiger partial charge in [0.2, 0.25) is 5.91 Å². The first kappa shape index (κ1) is 15.3. The number of hydrogen-bond donors (Lipinski definition) is 3. The highest BCUT2D eigenvalue weighted by Crippen LogP contribution is 2.38. The number of nitrogens with one attached hydrogen (secondary N) is 2. The van der Waals surface area contributed by atoms with E-state index in [-0.39, 0.29) is 19.0 Å². The van der Waals surface area contributed by atoms with Gasteiger partial charge < -0.3 is 20.5 Å². The molecule has 1 rings (SSSR count). The van der Waals surface area contributed by atoms with Gasteiger partial charge in [-0.05, 0) is 27.2 Å². The van der Waals surface area contributed by atoms with Crippen molar-refractivity contribution < 1.29 is 24.2 Å². The Morgan fingerprint density at radius 3 is 2.21 bits per heavy atom. The van der Waals surface area contributed by atoms with E-state index in [4.69, 9.17) is 9.84 Å². The number of carboxylic acids is 1. The van der Waals surface area contributed by atoms with Crippen molar-refractivity contribution >= 4 is 18.0 Å². The van der Waals surface area contributed by atoms with Crippen LogP contribution in [0.25, 0.3) is 0 Å². The van der Waals surface area contributed by atoms with Crippen molar-refractivity contribution in [2.45, 2.75) is 32.8 Å². The van der Waals surface area contributed by atoms with Crippen molar-refractivity contribution in [1.82, 2.24) is 10.6 Å². The molecule has 0 radical (unpaired) electrons. The summed E-state index contributed by atoms with van der Waals surface area (Å²) in [6, 6.07) is 0. The summed E-state index contributed by atoms with van der Waals surface area (Å²) >= 11 is 0. The Labute approximate surface area is 111 Å². The SMILES string of the molecule is CC(C)(C)OC(=O)NCCNC(=O)[C@@H]1C[C@@H]1C(=O)O. The summed E-state index contributed by atoms with van der Waals surface area (Å²) in [5, 5.41) is 13.7. The number of aliphatic carboxylic acids is 1. The van der Waals surface area contributed by atoms with Gasteiger partial charge in [-0.25, -0.2) is 4.79 Å². The highest BCUT2D eigenvalue weighted by molar-refractivity contribution is 5.89. The minimum Gasteiger partial charge on any atom is -0.481 e. The lowest BCUT2D eigenvalue weighted by Gasteiger charge is -2.19. The fourth-order valence-corrected chi connectivity index (χ4v) is 1.55. The molecule has 1 saturated carbocycles. The molecule has 0 bridgehead atoms. The monoisotopic (exact) mass is 272 g/mol. The maximum atomic E-state index is 11.5. The molecule has 0 aromatic carbocycles. The number of hydrogen-bond acceptors (Lipinski definition) is 4. The van der Waals surface area contributed by atoms with E-state index >= 15 is 0 Å². The van der Waals surface area contributed by atoms with Gasteiger partial charge in [0.05, 0.1) is 11.8 Å². The topological polar surface area (TPSA) is 105 Å². The summed E-state index contributed by atoms with van der Waals surface area (Å²) in [6.07, 6.45) is -0.155. The Morgan fingerprint density at radius 2 is 1.74 bits per heavy atom. The number of carbonyl (C=O) groups is 3. The van der Waals surface area contributed by atoms with Gasteiger partial charge in [-0.1, -0.05) is 0 Å². The van der Waals surface area contributed by atoms with Crippen molar-refractivity contribution in [3.8, 4) is 0 Å². The summed E-state index contributed by atoms with van der Waals surface area (Å²) in [5.41, 5.74) is -0.559. The van der Waals surface area contributed by atoms with Crippen molar-refractivity contribution in [1.29, 1.82) is 0 Å². The molecule has 7 heteroatoms. The third-order valence-corrected chi connectivity index (χ3v) is 2.54. The summed E-state index contributed by atoms with van der Waals surface area (Å²) < 4.78 is 5.01. The van der Waals surface area contributed by atoms with E-state index < -0.39 is 29.5 Å². The smallest absolute Gasteiger partial charge is 0.407 e. The van der Waals surface area contributed by atoms with Crippen LogP contribution in [0, 0.1) is 11.8 Å². The zero-order valence-electron chi connectivity index (χ0n) is 11.4. The van der Waals surface area contributed by atoms with E-state index in [9.17, 15) is 14.4 Å². The molecule has 0 aromatic heterocycles. The van der Waals surface area contributed by atoms with E-state index in [1.54, 1.807) is 20.8 Å². The van der Waals surface area contributed by atoms with Crippen molar-refractivity contribution in [3.05, 3.63) is 0 Å². The summed E-state index contributed by atoms with van der Waals surface area (Å²) in [5.74, 6) is -2.21. The maximum Gasteiger partial charge on any atom is 0.407 e. The lowest BCUT2D eigenvalue weighted by atomic mass is 10.2. The first-order valence-electron chi connectivity index (χ1n) is 6.18. The molecule has 19 heavy (non-hydrogen) atoms. The van der Waals surface area contributed by atoms with Crippen LogP contribution in [0.1, 0.15) is 27.2 Å². The molecule has 0 aliphatic heterocycles. The molecule has 0 heterocycles. The second-order valence-corrected chi connectivity index (χ2v) is 5.51. The van der Waals surface area contributed by atoms with Crippen LogP contribution in [0.2, 0.25) is 0 Å². The summed E-state index contributed by atoms with van der Waals surface area (Å²) in [6.45, 7) is 5.76. The second kappa shape index (κ2) is 5.90. The highest BCUT2D eigenvalue weighted by atomic mass is 16.6. The van der Waals surface area contributed by atoms with E-state index in [2.05, 4.69) is 10.6 Å². The van der Waals surface area contributed by atoms with Crippen LogP contribution in [-0.2, 0) is 14.3 Å². The van der Waals surface area contributed by atoms with Crippen LogP contribution in [0.15, 0.2) is 0 Å². The lowest BCUT2D eigenvalue weighted by molar-refractivity contribution is -0.140. The van der Waals surface area contributed by atoms with Gasteiger partial charge in [0.25, 0.3) is 0 Å². The Bertz CT molecular complexity index is 375. The predicted octanol–water partition coefficient (Wildman–Crippen LogP) is 0.348. The summed E-state index contributed by atoms with van der Waals surface area (Å²) in [7, 11) is 0. The Kier molecular flexibility index (Phi) is 4.74. The van der Waals surface area contributed by atoms with Crippen LogP contribution in [0.4, 0.5) is 4.79 Å². The van der Waals surface area contributed by atoms with E-state index in [0.717, 1.165) is 0 Å². The molecule has 2 amide bonds. The fourth-order valence-electron chi connectivity index (χ4n) is 1.55. The first-order valence-corrected chi connectivity index (χ1v) is 6.18. The molecule has 0 aromatic rings. The van der Waals surface area contributed by atoms with Gasteiger partial charge in [0.1, 0.15) is 5.60 Å². The molecule has 1 aliphatic carbocycles. The van der Waals surface area contributed by atoms with Crippen molar-refractivity contribution in [2.24, 2.45) is 11.8 Å². The number of amides is 2. The average Bonchev–Trinajstić information content (AvgIpc) is 3.01. The second-order valence-electron chi connectivity index (χ2n) is 5.51. The standard InChI is InChI=1S/C12H20N2O5/c1-12(2,3)19-11(18)14-5-4-13-9(15)7-6-8(7)10(16)17/h7-8H,4-6H2,1-3H3,(H,13,15)(H,14,18)(H,16,17)/t7-,8+/m1/s1. The van der Waals surface area contributed by atoms with Crippen molar-refractivity contribution in [3.63, 3.8) is 0 Å². The van der Waals surface area contributed by atoms with E-state index in [1.165, 1.54) is 0 Å². The van der Waals surface area contributed by atoms with E-state index in [0.29, 0.717) is 6.42 Å². The normalized spacial score (nSPS) is 21.4. The largest absolute Gasteiger partial charge is 0.481 e. The number of carboxylic acid groups (broad SMARTS) is 1. The van der Waals surface area contributed by atoms with Crippen LogP contribution in [-0.4, -0.2) is 41.8 Å². The molecule has 7 nitrogen and oxygen atoms in total. The molecule has 0 saturated heterocycles. The predicted molar refractivity (Wildman–Crippen MR) is 66.5 cm³/mol. The molecule has 3 N–H and O–H groups in total. The van der Waals surface area contributed by atoms with Gasteiger partial charge in [-0.15, -0.1) is 0 Å². The van der Waals surface area contributed by atoms with Gasteiger partial charge >= 0.3 is 12.1 Å². The Balaban J connectivity index is 2.10. The molecule has 1 fully saturated rings. The first-order chi connectivity index (χ1) is 8.70. The highest BCUT2D eigenvalue weighted by Gasteiger charge is 2.48. The molecular formula is C12H20N2O5. The maximum absolute atomic E-state index is 11.5. The molecule has 0 spiro atoms. The van der Waals surface area contributed by atoms with Crippen LogP contribution < -0.4 is 10.6 Å². The van der Waals surface area contributed by atoms with E-state index in [1.807, 2.05) is 0 Å². The van der Waals surface area contributed by atoms with Gasteiger partial charge in [-0.3, -0.25) is 9.59 Å².